The smallest absolute Gasteiger partial charge is 0.277 e. The van der Waals surface area contributed by atoms with E-state index in [4.69, 9.17) is 20.8 Å². The lowest BCUT2D eigenvalue weighted by Crippen LogP contribution is -2.14. The highest BCUT2D eigenvalue weighted by Crippen LogP contribution is 2.29. The number of benzene rings is 2. The van der Waals surface area contributed by atoms with Gasteiger partial charge in [-0.25, -0.2) is 0 Å². The molecule has 1 N–H and O–H groups in total. The molecule has 1 heterocycles. The average Bonchev–Trinajstić information content (AvgIpc) is 3.15. The van der Waals surface area contributed by atoms with Gasteiger partial charge in [0.25, 0.3) is 5.22 Å². The molecular formula is C21H22ClN3O3S. The first-order chi connectivity index (χ1) is 13.8. The van der Waals surface area contributed by atoms with Crippen molar-refractivity contribution >= 4 is 35.0 Å². The van der Waals surface area contributed by atoms with Crippen molar-refractivity contribution in [3.63, 3.8) is 0 Å². The van der Waals surface area contributed by atoms with E-state index in [0.29, 0.717) is 27.6 Å². The summed E-state index contributed by atoms with van der Waals surface area (Å²) in [5.41, 5.74) is 2.65. The molecule has 0 aliphatic heterocycles. The molecule has 6 nitrogen and oxygen atoms in total. The molecule has 8 heteroatoms. The summed E-state index contributed by atoms with van der Waals surface area (Å²) in [6, 6.07) is 13.0. The molecule has 3 rings (SSSR count). The van der Waals surface area contributed by atoms with Crippen LogP contribution in [0.1, 0.15) is 26.3 Å². The fourth-order valence-electron chi connectivity index (χ4n) is 2.59. The highest BCUT2D eigenvalue weighted by atomic mass is 35.5. The third-order valence-corrected chi connectivity index (χ3v) is 5.22. The van der Waals surface area contributed by atoms with Crippen molar-refractivity contribution in [2.75, 3.05) is 18.2 Å². The Balaban J connectivity index is 1.61. The minimum atomic E-state index is -0.232. The molecule has 0 saturated heterocycles. The SMILES string of the molecule is COc1ccc(Cl)cc1NC(=O)CSc1nnc(-c2ccc(C(C)(C)C)cc2)o1. The van der Waals surface area contributed by atoms with E-state index in [2.05, 4.69) is 48.4 Å². The van der Waals surface area contributed by atoms with Crippen molar-refractivity contribution in [1.29, 1.82) is 0 Å². The van der Waals surface area contributed by atoms with Gasteiger partial charge in [0, 0.05) is 10.6 Å². The second-order valence-corrected chi connectivity index (χ2v) is 8.74. The molecule has 0 radical (unpaired) electrons. The molecule has 0 unspecified atom stereocenters. The van der Waals surface area contributed by atoms with Crippen molar-refractivity contribution in [1.82, 2.24) is 10.2 Å². The number of nitrogens with zero attached hydrogens (tertiary/aromatic N) is 2. The summed E-state index contributed by atoms with van der Waals surface area (Å²) in [5.74, 6) is 0.835. The van der Waals surface area contributed by atoms with Gasteiger partial charge in [-0.2, -0.15) is 0 Å². The molecular weight excluding hydrogens is 410 g/mol. The zero-order valence-corrected chi connectivity index (χ0v) is 18.2. The molecule has 0 spiro atoms. The zero-order valence-electron chi connectivity index (χ0n) is 16.7. The second kappa shape index (κ2) is 8.88. The van der Waals surface area contributed by atoms with E-state index in [9.17, 15) is 4.79 Å². The highest BCUT2D eigenvalue weighted by molar-refractivity contribution is 7.99. The summed E-state index contributed by atoms with van der Waals surface area (Å²) in [5, 5.41) is 11.7. The molecule has 0 aliphatic rings. The molecule has 3 aromatic rings. The van der Waals surface area contributed by atoms with Gasteiger partial charge >= 0.3 is 0 Å². The van der Waals surface area contributed by atoms with Gasteiger partial charge in [-0.05, 0) is 41.3 Å². The van der Waals surface area contributed by atoms with Crippen LogP contribution in [0.4, 0.5) is 5.69 Å². The fraction of sp³-hybridized carbons (Fsp3) is 0.286. The Morgan fingerprint density at radius 3 is 2.55 bits per heavy atom. The average molecular weight is 432 g/mol. The Morgan fingerprint density at radius 1 is 1.17 bits per heavy atom. The largest absolute Gasteiger partial charge is 0.495 e. The fourth-order valence-corrected chi connectivity index (χ4v) is 3.32. The molecule has 0 fully saturated rings. The van der Waals surface area contributed by atoms with Crippen LogP contribution in [0.25, 0.3) is 11.5 Å². The van der Waals surface area contributed by atoms with Crippen LogP contribution in [-0.4, -0.2) is 29.0 Å². The van der Waals surface area contributed by atoms with Crippen LogP contribution in [0.5, 0.6) is 5.75 Å². The Morgan fingerprint density at radius 2 is 1.90 bits per heavy atom. The number of aromatic nitrogens is 2. The van der Waals surface area contributed by atoms with Crippen molar-refractivity contribution in [3.8, 4) is 17.2 Å². The van der Waals surface area contributed by atoms with Crippen LogP contribution >= 0.6 is 23.4 Å². The third kappa shape index (κ3) is 5.52. The summed E-state index contributed by atoms with van der Waals surface area (Å²) < 4.78 is 10.9. The summed E-state index contributed by atoms with van der Waals surface area (Å²) in [4.78, 5) is 12.3. The number of halogens is 1. The number of methoxy groups -OCH3 is 1. The van der Waals surface area contributed by atoms with Crippen LogP contribution in [-0.2, 0) is 10.2 Å². The first-order valence-corrected chi connectivity index (χ1v) is 10.3. The van der Waals surface area contributed by atoms with Crippen LogP contribution in [0.2, 0.25) is 5.02 Å². The second-order valence-electron chi connectivity index (χ2n) is 7.38. The van der Waals surface area contributed by atoms with Crippen LogP contribution in [0, 0.1) is 0 Å². The van der Waals surface area contributed by atoms with E-state index < -0.39 is 0 Å². The zero-order chi connectivity index (χ0) is 21.0. The van der Waals surface area contributed by atoms with Gasteiger partial charge in [-0.3, -0.25) is 4.79 Å². The number of anilines is 1. The molecule has 0 aliphatic carbocycles. The summed E-state index contributed by atoms with van der Waals surface area (Å²) in [6.45, 7) is 6.48. The number of carbonyl (C=O) groups is 1. The third-order valence-electron chi connectivity index (χ3n) is 4.17. The lowest BCUT2D eigenvalue weighted by Gasteiger charge is -2.18. The van der Waals surface area contributed by atoms with Crippen molar-refractivity contribution in [2.45, 2.75) is 31.4 Å². The molecule has 1 amide bonds. The maximum atomic E-state index is 12.3. The number of nitrogens with one attached hydrogen (secondary N) is 1. The minimum Gasteiger partial charge on any atom is -0.495 e. The number of amides is 1. The van der Waals surface area contributed by atoms with Crippen LogP contribution < -0.4 is 10.1 Å². The van der Waals surface area contributed by atoms with E-state index in [1.54, 1.807) is 18.2 Å². The number of rotatable bonds is 6. The number of ether oxygens (including phenoxy) is 1. The van der Waals surface area contributed by atoms with Crippen molar-refractivity contribution in [2.24, 2.45) is 0 Å². The number of thioether (sulfide) groups is 1. The molecule has 0 bridgehead atoms. The molecule has 2 aromatic carbocycles. The Bertz CT molecular complexity index is 997. The minimum absolute atomic E-state index is 0.0768. The van der Waals surface area contributed by atoms with Gasteiger partial charge in [-0.1, -0.05) is 56.3 Å². The van der Waals surface area contributed by atoms with Gasteiger partial charge in [-0.15, -0.1) is 10.2 Å². The van der Waals surface area contributed by atoms with E-state index in [1.807, 2.05) is 12.1 Å². The van der Waals surface area contributed by atoms with Crippen LogP contribution in [0.15, 0.2) is 52.1 Å². The monoisotopic (exact) mass is 431 g/mol. The molecule has 0 atom stereocenters. The maximum absolute atomic E-state index is 12.3. The molecule has 1 aromatic heterocycles. The standard InChI is InChI=1S/C21H22ClN3O3S/c1-21(2,3)14-7-5-13(6-8-14)19-24-25-20(28-19)29-12-18(26)23-16-11-15(22)9-10-17(16)27-4/h5-11H,12H2,1-4H3,(H,23,26). The van der Waals surface area contributed by atoms with Crippen molar-refractivity contribution < 1.29 is 13.9 Å². The number of hydrogen-bond donors (Lipinski definition) is 1. The van der Waals surface area contributed by atoms with E-state index in [1.165, 1.54) is 12.7 Å². The van der Waals surface area contributed by atoms with Crippen LogP contribution in [0.3, 0.4) is 0 Å². The molecule has 0 saturated carbocycles. The predicted molar refractivity (Wildman–Crippen MR) is 116 cm³/mol. The summed E-state index contributed by atoms with van der Waals surface area (Å²) in [7, 11) is 1.53. The van der Waals surface area contributed by atoms with Gasteiger partial charge in [0.05, 0.1) is 18.6 Å². The quantitative estimate of drug-likeness (QED) is 0.524. The van der Waals surface area contributed by atoms with Gasteiger partial charge < -0.3 is 14.5 Å². The number of hydrogen-bond acceptors (Lipinski definition) is 6. The van der Waals surface area contributed by atoms with Gasteiger partial charge in [0.15, 0.2) is 0 Å². The topological polar surface area (TPSA) is 77.2 Å². The first-order valence-electron chi connectivity index (χ1n) is 8.97. The van der Waals surface area contributed by atoms with E-state index in [0.717, 1.165) is 17.3 Å². The Kier molecular flexibility index (Phi) is 6.49. The molecule has 152 valence electrons. The number of carbonyl (C=O) groups excluding carboxylic acids is 1. The predicted octanol–water partition coefficient (Wildman–Crippen LogP) is 5.43. The summed E-state index contributed by atoms with van der Waals surface area (Å²) >= 11 is 7.14. The van der Waals surface area contributed by atoms with E-state index in [-0.39, 0.29) is 17.1 Å². The summed E-state index contributed by atoms with van der Waals surface area (Å²) in [6.07, 6.45) is 0. The Labute approximate surface area is 179 Å². The van der Waals surface area contributed by atoms with E-state index >= 15 is 0 Å². The van der Waals surface area contributed by atoms with Crippen molar-refractivity contribution in [3.05, 3.63) is 53.1 Å². The normalized spacial score (nSPS) is 11.3. The lowest BCUT2D eigenvalue weighted by molar-refractivity contribution is -0.113. The van der Waals surface area contributed by atoms with Gasteiger partial charge in [0.1, 0.15) is 5.75 Å². The molecule has 29 heavy (non-hydrogen) atoms. The highest BCUT2D eigenvalue weighted by Gasteiger charge is 2.16. The van der Waals surface area contributed by atoms with Gasteiger partial charge in [0.2, 0.25) is 11.8 Å². The Hall–Kier alpha value is -2.51. The lowest BCUT2D eigenvalue weighted by atomic mass is 9.87. The first kappa shape index (κ1) is 21.2. The maximum Gasteiger partial charge on any atom is 0.277 e.